The highest BCUT2D eigenvalue weighted by Gasteiger charge is 2.43. The van der Waals surface area contributed by atoms with Crippen molar-refractivity contribution in [3.05, 3.63) is 30.1 Å². The zero-order valence-corrected chi connectivity index (χ0v) is 12.3. The van der Waals surface area contributed by atoms with Gasteiger partial charge in [-0.05, 0) is 12.1 Å². The summed E-state index contributed by atoms with van der Waals surface area (Å²) in [4.78, 5) is 15.5. The maximum absolute atomic E-state index is 12.1. The standard InChI is InChI=1S/C13H18N2O5S/c16-12(17)13(5-8-20-9-6-13)15-21(18,19)10-4-11-3-1-2-7-14-11/h1-3,7,15H,4-6,8-10H2,(H,16,17). The lowest BCUT2D eigenvalue weighted by atomic mass is 9.92. The van der Waals surface area contributed by atoms with E-state index in [1.54, 1.807) is 24.4 Å². The molecule has 116 valence electrons. The molecule has 1 aromatic heterocycles. The molecular weight excluding hydrogens is 296 g/mol. The summed E-state index contributed by atoms with van der Waals surface area (Å²) in [6, 6.07) is 5.26. The largest absolute Gasteiger partial charge is 0.480 e. The number of carboxylic acid groups (broad SMARTS) is 1. The summed E-state index contributed by atoms with van der Waals surface area (Å²) in [7, 11) is -3.71. The smallest absolute Gasteiger partial charge is 0.325 e. The summed E-state index contributed by atoms with van der Waals surface area (Å²) in [6.07, 6.45) is 2.09. The van der Waals surface area contributed by atoms with Gasteiger partial charge >= 0.3 is 5.97 Å². The first-order chi connectivity index (χ1) is 9.94. The molecule has 1 aromatic rings. The quantitative estimate of drug-likeness (QED) is 0.776. The Bertz CT molecular complexity index is 582. The van der Waals surface area contributed by atoms with Crippen LogP contribution in [0.4, 0.5) is 0 Å². The number of carboxylic acids is 1. The van der Waals surface area contributed by atoms with E-state index in [1.165, 1.54) is 0 Å². The van der Waals surface area contributed by atoms with Gasteiger partial charge in [0.25, 0.3) is 0 Å². The normalized spacial score (nSPS) is 18.3. The fourth-order valence-corrected chi connectivity index (χ4v) is 3.68. The van der Waals surface area contributed by atoms with Crippen LogP contribution in [0.2, 0.25) is 0 Å². The van der Waals surface area contributed by atoms with Crippen LogP contribution in [0.1, 0.15) is 18.5 Å². The minimum Gasteiger partial charge on any atom is -0.480 e. The molecule has 1 fully saturated rings. The van der Waals surface area contributed by atoms with Gasteiger partial charge in [-0.1, -0.05) is 6.07 Å². The van der Waals surface area contributed by atoms with E-state index in [0.717, 1.165) is 0 Å². The van der Waals surface area contributed by atoms with Crippen molar-refractivity contribution in [3.8, 4) is 0 Å². The number of nitrogens with one attached hydrogen (secondary N) is 1. The van der Waals surface area contributed by atoms with Crippen molar-refractivity contribution in [1.29, 1.82) is 0 Å². The minimum atomic E-state index is -3.71. The van der Waals surface area contributed by atoms with Gasteiger partial charge in [-0.3, -0.25) is 9.78 Å². The molecule has 0 atom stereocenters. The molecule has 2 rings (SSSR count). The van der Waals surface area contributed by atoms with Crippen LogP contribution in [0, 0.1) is 0 Å². The van der Waals surface area contributed by atoms with Crippen LogP contribution in [-0.4, -0.2) is 49.0 Å². The van der Waals surface area contributed by atoms with E-state index in [0.29, 0.717) is 5.69 Å². The third-order valence-corrected chi connectivity index (χ3v) is 4.90. The molecular formula is C13H18N2O5S. The molecule has 2 heterocycles. The van der Waals surface area contributed by atoms with Gasteiger partial charge < -0.3 is 9.84 Å². The summed E-state index contributed by atoms with van der Waals surface area (Å²) < 4.78 is 31.7. The molecule has 0 saturated carbocycles. The molecule has 0 unspecified atom stereocenters. The number of ether oxygens (including phenoxy) is 1. The Morgan fingerprint density at radius 2 is 2.10 bits per heavy atom. The highest BCUT2D eigenvalue weighted by atomic mass is 32.2. The molecule has 1 saturated heterocycles. The van der Waals surface area contributed by atoms with Gasteiger partial charge in [-0.25, -0.2) is 8.42 Å². The number of rotatable bonds is 6. The average Bonchev–Trinajstić information content (AvgIpc) is 2.47. The average molecular weight is 314 g/mol. The topological polar surface area (TPSA) is 106 Å². The molecule has 1 aliphatic rings. The molecule has 7 nitrogen and oxygen atoms in total. The van der Waals surface area contributed by atoms with Crippen LogP contribution in [0.3, 0.4) is 0 Å². The van der Waals surface area contributed by atoms with Crippen molar-refractivity contribution in [2.45, 2.75) is 24.8 Å². The Kier molecular flexibility index (Phi) is 4.92. The van der Waals surface area contributed by atoms with Crippen LogP contribution < -0.4 is 4.72 Å². The van der Waals surface area contributed by atoms with Gasteiger partial charge in [0.2, 0.25) is 10.0 Å². The Morgan fingerprint density at radius 1 is 1.38 bits per heavy atom. The molecule has 21 heavy (non-hydrogen) atoms. The molecule has 0 aromatic carbocycles. The maximum atomic E-state index is 12.1. The van der Waals surface area contributed by atoms with Crippen LogP contribution >= 0.6 is 0 Å². The summed E-state index contributed by atoms with van der Waals surface area (Å²) in [6.45, 7) is 0.462. The van der Waals surface area contributed by atoms with Gasteiger partial charge in [0.15, 0.2) is 0 Å². The molecule has 0 bridgehead atoms. The van der Waals surface area contributed by atoms with E-state index in [9.17, 15) is 18.3 Å². The number of carbonyl (C=O) groups is 1. The van der Waals surface area contributed by atoms with Gasteiger partial charge in [-0.15, -0.1) is 0 Å². The second kappa shape index (κ2) is 6.50. The van der Waals surface area contributed by atoms with Crippen LogP contribution in [0.5, 0.6) is 0 Å². The second-order valence-corrected chi connectivity index (χ2v) is 6.83. The number of pyridine rings is 1. The molecule has 8 heteroatoms. The van der Waals surface area contributed by atoms with Crippen LogP contribution in [-0.2, 0) is 26.0 Å². The molecule has 1 aliphatic heterocycles. The first-order valence-electron chi connectivity index (χ1n) is 6.66. The van der Waals surface area contributed by atoms with Crippen LogP contribution in [0.15, 0.2) is 24.4 Å². The SMILES string of the molecule is O=C(O)C1(NS(=O)(=O)CCc2ccccn2)CCOCC1. The number of hydrogen-bond donors (Lipinski definition) is 2. The van der Waals surface area contributed by atoms with E-state index in [1.807, 2.05) is 0 Å². The zero-order valence-electron chi connectivity index (χ0n) is 11.5. The van der Waals surface area contributed by atoms with Gasteiger partial charge in [-0.2, -0.15) is 4.72 Å². The fourth-order valence-electron chi connectivity index (χ4n) is 2.21. The summed E-state index contributed by atoms with van der Waals surface area (Å²) in [5, 5.41) is 9.34. The van der Waals surface area contributed by atoms with E-state index >= 15 is 0 Å². The predicted octanol–water partition coefficient (Wildman–Crippen LogP) is 0.177. The summed E-state index contributed by atoms with van der Waals surface area (Å²) >= 11 is 0. The van der Waals surface area contributed by atoms with E-state index in [-0.39, 0.29) is 38.2 Å². The Morgan fingerprint density at radius 3 is 2.67 bits per heavy atom. The van der Waals surface area contributed by atoms with Crippen molar-refractivity contribution in [2.24, 2.45) is 0 Å². The lowest BCUT2D eigenvalue weighted by Gasteiger charge is -2.33. The van der Waals surface area contributed by atoms with Crippen molar-refractivity contribution in [1.82, 2.24) is 9.71 Å². The van der Waals surface area contributed by atoms with Crippen molar-refractivity contribution in [3.63, 3.8) is 0 Å². The van der Waals surface area contributed by atoms with Crippen molar-refractivity contribution < 1.29 is 23.1 Å². The minimum absolute atomic E-state index is 0.130. The first-order valence-corrected chi connectivity index (χ1v) is 8.31. The van der Waals surface area contributed by atoms with Crippen molar-refractivity contribution in [2.75, 3.05) is 19.0 Å². The number of sulfonamides is 1. The third kappa shape index (κ3) is 4.23. The lowest BCUT2D eigenvalue weighted by Crippen LogP contribution is -2.57. The summed E-state index contributed by atoms with van der Waals surface area (Å²) in [5.74, 6) is -1.35. The lowest BCUT2D eigenvalue weighted by molar-refractivity contribution is -0.147. The third-order valence-electron chi connectivity index (χ3n) is 3.46. The number of aryl methyl sites for hydroxylation is 1. The van der Waals surface area contributed by atoms with E-state index in [4.69, 9.17) is 4.74 Å². The molecule has 0 spiro atoms. The van der Waals surface area contributed by atoms with E-state index in [2.05, 4.69) is 9.71 Å². The highest BCUT2D eigenvalue weighted by molar-refractivity contribution is 7.89. The monoisotopic (exact) mass is 314 g/mol. The van der Waals surface area contributed by atoms with E-state index < -0.39 is 21.5 Å². The number of hydrogen-bond acceptors (Lipinski definition) is 5. The highest BCUT2D eigenvalue weighted by Crippen LogP contribution is 2.22. The Hall–Kier alpha value is -1.51. The predicted molar refractivity (Wildman–Crippen MR) is 75.3 cm³/mol. The molecule has 0 radical (unpaired) electrons. The van der Waals surface area contributed by atoms with Crippen LogP contribution in [0.25, 0.3) is 0 Å². The number of aromatic nitrogens is 1. The second-order valence-electron chi connectivity index (χ2n) is 4.99. The molecule has 0 amide bonds. The maximum Gasteiger partial charge on any atom is 0.325 e. The zero-order chi connectivity index (χ0) is 15.3. The van der Waals surface area contributed by atoms with Crippen molar-refractivity contribution >= 4 is 16.0 Å². The van der Waals surface area contributed by atoms with Gasteiger partial charge in [0.05, 0.1) is 5.75 Å². The van der Waals surface area contributed by atoms with Gasteiger partial charge in [0, 0.05) is 44.4 Å². The molecule has 0 aliphatic carbocycles. The first kappa shape index (κ1) is 15.9. The Labute approximate surface area is 123 Å². The Balaban J connectivity index is 2.03. The molecule has 2 N–H and O–H groups in total. The number of aliphatic carboxylic acids is 1. The number of nitrogens with zero attached hydrogens (tertiary/aromatic N) is 1. The van der Waals surface area contributed by atoms with Gasteiger partial charge in [0.1, 0.15) is 5.54 Å². The fraction of sp³-hybridized carbons (Fsp3) is 0.538. The summed E-state index contributed by atoms with van der Waals surface area (Å²) in [5.41, 5.74) is -0.805.